The number of anilines is 1. The molecule has 0 radical (unpaired) electrons. The number of carboxylic acids is 1. The van der Waals surface area contributed by atoms with E-state index in [2.05, 4.69) is 10.2 Å². The Morgan fingerprint density at radius 2 is 1.70 bits per heavy atom. The normalized spacial score (nSPS) is 19.2. The van der Waals surface area contributed by atoms with Gasteiger partial charge in [-0.3, -0.25) is 24.8 Å². The van der Waals surface area contributed by atoms with E-state index < -0.39 is 12.1 Å². The van der Waals surface area contributed by atoms with Gasteiger partial charge in [-0.2, -0.15) is 0 Å². The maximum Gasteiger partial charge on any atom is 0.414 e. The van der Waals surface area contributed by atoms with Crippen LogP contribution in [0.1, 0.15) is 28.8 Å². The molecule has 2 aliphatic heterocycles. The maximum absolute atomic E-state index is 12.4. The monoisotopic (exact) mass is 450 g/mol. The fraction of sp³-hybridized carbons (Fsp3) is 0.333. The largest absolute Gasteiger partial charge is 0.481 e. The quantitative estimate of drug-likeness (QED) is 0.459. The number of hydrogen-bond donors (Lipinski definition) is 3. The molecule has 1 atom stereocenters. The number of benzene rings is 2. The van der Waals surface area contributed by atoms with Crippen LogP contribution in [0.15, 0.2) is 54.6 Å². The molecule has 3 N–H and O–H groups in total. The third kappa shape index (κ3) is 5.38. The van der Waals surface area contributed by atoms with Gasteiger partial charge in [0, 0.05) is 23.4 Å². The van der Waals surface area contributed by atoms with Crippen molar-refractivity contribution in [2.45, 2.75) is 18.9 Å². The summed E-state index contributed by atoms with van der Waals surface area (Å²) in [5, 5.41) is 19.9. The molecule has 2 aliphatic rings. The Labute approximate surface area is 191 Å². The van der Waals surface area contributed by atoms with Crippen molar-refractivity contribution in [2.75, 3.05) is 31.1 Å². The second-order valence-electron chi connectivity index (χ2n) is 8.27. The maximum atomic E-state index is 12.4. The van der Waals surface area contributed by atoms with E-state index in [1.807, 2.05) is 6.07 Å². The van der Waals surface area contributed by atoms with Crippen molar-refractivity contribution in [2.24, 2.45) is 5.92 Å². The zero-order valence-corrected chi connectivity index (χ0v) is 18.1. The Bertz CT molecular complexity index is 1030. The number of aliphatic carboxylic acids is 1. The molecule has 2 aromatic rings. The number of ether oxygens (including phenoxy) is 1. The number of piperidine rings is 1. The van der Waals surface area contributed by atoms with E-state index in [0.717, 1.165) is 0 Å². The Balaban J connectivity index is 1.31. The van der Waals surface area contributed by atoms with Crippen molar-refractivity contribution in [1.29, 1.82) is 5.41 Å². The average Bonchev–Trinajstić information content (AvgIpc) is 3.19. The highest BCUT2D eigenvalue weighted by Crippen LogP contribution is 2.24. The number of carboxylic acid groups (broad SMARTS) is 1. The van der Waals surface area contributed by atoms with Gasteiger partial charge in [-0.25, -0.2) is 4.79 Å². The first kappa shape index (κ1) is 22.5. The molecular weight excluding hydrogens is 424 g/mol. The number of amidine groups is 1. The van der Waals surface area contributed by atoms with Crippen LogP contribution >= 0.6 is 0 Å². The molecule has 2 amide bonds. The second kappa shape index (κ2) is 9.83. The molecule has 9 nitrogen and oxygen atoms in total. The molecule has 4 rings (SSSR count). The summed E-state index contributed by atoms with van der Waals surface area (Å²) in [6, 6.07) is 15.5. The first-order valence-electron chi connectivity index (χ1n) is 10.9. The zero-order chi connectivity index (χ0) is 23.4. The van der Waals surface area contributed by atoms with Crippen LogP contribution in [0, 0.1) is 11.3 Å². The van der Waals surface area contributed by atoms with Gasteiger partial charge in [-0.05, 0) is 62.3 Å². The summed E-state index contributed by atoms with van der Waals surface area (Å²) in [6.07, 6.45) is 0.490. The number of amides is 2. The van der Waals surface area contributed by atoms with E-state index in [-0.39, 0.29) is 23.8 Å². The first-order valence-corrected chi connectivity index (χ1v) is 10.9. The summed E-state index contributed by atoms with van der Waals surface area (Å²) in [7, 11) is 0. The molecule has 2 saturated heterocycles. The van der Waals surface area contributed by atoms with Crippen molar-refractivity contribution in [3.05, 3.63) is 65.7 Å². The minimum atomic E-state index is -0.746. The Hall–Kier alpha value is -3.72. The van der Waals surface area contributed by atoms with Crippen LogP contribution in [0.2, 0.25) is 0 Å². The number of nitrogens with one attached hydrogen (secondary N) is 2. The van der Waals surface area contributed by atoms with Gasteiger partial charge in [0.1, 0.15) is 11.9 Å². The van der Waals surface area contributed by atoms with Gasteiger partial charge >= 0.3 is 12.1 Å². The number of carbonyl (C=O) groups is 3. The molecule has 2 fully saturated rings. The highest BCUT2D eigenvalue weighted by atomic mass is 16.6. The van der Waals surface area contributed by atoms with E-state index >= 15 is 0 Å². The van der Waals surface area contributed by atoms with Crippen LogP contribution in [0.25, 0.3) is 0 Å². The third-order valence-electron chi connectivity index (χ3n) is 6.01. The molecule has 9 heteroatoms. The van der Waals surface area contributed by atoms with Gasteiger partial charge in [-0.15, -0.1) is 0 Å². The number of rotatable bonds is 6. The fourth-order valence-electron chi connectivity index (χ4n) is 4.13. The molecule has 2 aromatic carbocycles. The minimum Gasteiger partial charge on any atom is -0.481 e. The topological polar surface area (TPSA) is 123 Å². The van der Waals surface area contributed by atoms with Crippen molar-refractivity contribution in [3.8, 4) is 0 Å². The predicted octanol–water partition coefficient (Wildman–Crippen LogP) is 2.56. The molecule has 1 unspecified atom stereocenters. The highest BCUT2D eigenvalue weighted by molar-refractivity contribution is 6.11. The van der Waals surface area contributed by atoms with Crippen molar-refractivity contribution in [3.63, 3.8) is 0 Å². The SMILES string of the molecule is N=C(NC(=O)c1ccccc1)c1ccc(N2CC(CN3CCC(C(=O)O)CC3)OC2=O)cc1. The highest BCUT2D eigenvalue weighted by Gasteiger charge is 2.34. The number of cyclic esters (lactones) is 1. The summed E-state index contributed by atoms with van der Waals surface area (Å²) in [5.74, 6) is -1.42. The molecule has 0 aromatic heterocycles. The molecule has 0 bridgehead atoms. The minimum absolute atomic E-state index is 0.0259. The zero-order valence-electron chi connectivity index (χ0n) is 18.1. The van der Waals surface area contributed by atoms with Gasteiger partial charge in [-0.1, -0.05) is 18.2 Å². The fourth-order valence-corrected chi connectivity index (χ4v) is 4.13. The molecule has 0 aliphatic carbocycles. The van der Waals surface area contributed by atoms with E-state index in [4.69, 9.17) is 15.3 Å². The van der Waals surface area contributed by atoms with Gasteiger partial charge in [0.15, 0.2) is 0 Å². The number of hydrogen-bond acceptors (Lipinski definition) is 6. The Kier molecular flexibility index (Phi) is 6.69. The first-order chi connectivity index (χ1) is 15.9. The van der Waals surface area contributed by atoms with Crippen molar-refractivity contribution >= 4 is 29.5 Å². The van der Waals surface area contributed by atoms with Gasteiger partial charge < -0.3 is 15.2 Å². The van der Waals surface area contributed by atoms with Crippen LogP contribution in [0.3, 0.4) is 0 Å². The molecule has 172 valence electrons. The average molecular weight is 450 g/mol. The van der Waals surface area contributed by atoms with Gasteiger partial charge in [0.05, 0.1) is 12.5 Å². The second-order valence-corrected chi connectivity index (χ2v) is 8.27. The standard InChI is InChI=1S/C24H26N4O5/c25-21(26-22(29)17-4-2-1-3-5-17)16-6-8-19(9-7-16)28-15-20(33-24(28)32)14-27-12-10-18(11-13-27)23(30)31/h1-9,18,20H,10-15H2,(H,30,31)(H2,25,26,29). The molecule has 33 heavy (non-hydrogen) atoms. The number of likely N-dealkylation sites (tertiary alicyclic amines) is 1. The lowest BCUT2D eigenvalue weighted by Gasteiger charge is -2.31. The summed E-state index contributed by atoms with van der Waals surface area (Å²) in [6.45, 7) is 2.33. The molecule has 0 saturated carbocycles. The summed E-state index contributed by atoms with van der Waals surface area (Å²) < 4.78 is 5.51. The van der Waals surface area contributed by atoms with Crippen LogP contribution in [0.5, 0.6) is 0 Å². The van der Waals surface area contributed by atoms with Crippen LogP contribution in [-0.2, 0) is 9.53 Å². The van der Waals surface area contributed by atoms with Crippen LogP contribution in [0.4, 0.5) is 10.5 Å². The summed E-state index contributed by atoms with van der Waals surface area (Å²) in [4.78, 5) is 39.4. The van der Waals surface area contributed by atoms with Gasteiger partial charge in [0.25, 0.3) is 5.91 Å². The van der Waals surface area contributed by atoms with E-state index in [0.29, 0.717) is 55.8 Å². The predicted molar refractivity (Wildman–Crippen MR) is 122 cm³/mol. The number of carbonyl (C=O) groups excluding carboxylic acids is 2. The lowest BCUT2D eigenvalue weighted by molar-refractivity contribution is -0.143. The molecule has 2 heterocycles. The third-order valence-corrected chi connectivity index (χ3v) is 6.01. The summed E-state index contributed by atoms with van der Waals surface area (Å²) >= 11 is 0. The lowest BCUT2D eigenvalue weighted by Crippen LogP contribution is -2.41. The van der Waals surface area contributed by atoms with Gasteiger partial charge in [0.2, 0.25) is 0 Å². The van der Waals surface area contributed by atoms with Crippen molar-refractivity contribution in [1.82, 2.24) is 10.2 Å². The smallest absolute Gasteiger partial charge is 0.414 e. The van der Waals surface area contributed by atoms with Crippen molar-refractivity contribution < 1.29 is 24.2 Å². The van der Waals surface area contributed by atoms with E-state index in [9.17, 15) is 14.4 Å². The molecular formula is C24H26N4O5. The van der Waals surface area contributed by atoms with E-state index in [1.54, 1.807) is 53.4 Å². The van der Waals surface area contributed by atoms with Crippen LogP contribution < -0.4 is 10.2 Å². The number of nitrogens with zero attached hydrogens (tertiary/aromatic N) is 2. The van der Waals surface area contributed by atoms with Crippen LogP contribution in [-0.4, -0.2) is 66.1 Å². The Morgan fingerprint density at radius 1 is 1.03 bits per heavy atom. The lowest BCUT2D eigenvalue weighted by atomic mass is 9.97. The van der Waals surface area contributed by atoms with E-state index in [1.165, 1.54) is 0 Å². The Morgan fingerprint density at radius 3 is 2.33 bits per heavy atom. The summed E-state index contributed by atoms with van der Waals surface area (Å²) in [5.41, 5.74) is 1.64. The molecule has 0 spiro atoms.